The molecule has 7 heteroatoms. The van der Waals surface area contributed by atoms with E-state index in [0.717, 1.165) is 38.5 Å². The van der Waals surface area contributed by atoms with Crippen molar-refractivity contribution < 1.29 is 24.9 Å². The number of carboxylic acid groups (broad SMARTS) is 1. The lowest BCUT2D eigenvalue weighted by Gasteiger charge is -2.62. The Kier molecular flexibility index (Phi) is 8.43. The summed E-state index contributed by atoms with van der Waals surface area (Å²) in [6, 6.07) is -0.876. The maximum Gasteiger partial charge on any atom is 0.326 e. The number of carbonyl (C=O) groups excluding carboxylic acids is 1. The third kappa shape index (κ3) is 4.96. The highest BCUT2D eigenvalue weighted by Gasteiger charge is 2.63. The van der Waals surface area contributed by atoms with Gasteiger partial charge in [0.15, 0.2) is 0 Å². The van der Waals surface area contributed by atoms with E-state index in [1.807, 2.05) is 0 Å². The van der Waals surface area contributed by atoms with Crippen molar-refractivity contribution in [3.05, 3.63) is 0 Å². The number of carbonyl (C=O) groups is 2. The molecular weight excluding hydrogens is 456 g/mol. The van der Waals surface area contributed by atoms with Gasteiger partial charge < -0.3 is 26.4 Å². The zero-order valence-electron chi connectivity index (χ0n) is 22.6. The lowest BCUT2D eigenvalue weighted by atomic mass is 9.43. The Hall–Kier alpha value is -1.18. The molecule has 7 nitrogen and oxygen atoms in total. The summed E-state index contributed by atoms with van der Waals surface area (Å²) < 4.78 is 0. The van der Waals surface area contributed by atoms with Gasteiger partial charge in [-0.3, -0.25) is 4.79 Å². The first-order chi connectivity index (χ1) is 17.0. The van der Waals surface area contributed by atoms with Crippen LogP contribution in [0.4, 0.5) is 0 Å². The molecule has 6 N–H and O–H groups in total. The first kappa shape index (κ1) is 27.8. The Balaban J connectivity index is 1.40. The maximum atomic E-state index is 12.6. The molecule has 4 aliphatic rings. The van der Waals surface area contributed by atoms with Crippen LogP contribution < -0.4 is 11.1 Å². The predicted molar refractivity (Wildman–Crippen MR) is 139 cm³/mol. The Morgan fingerprint density at radius 1 is 1.03 bits per heavy atom. The van der Waals surface area contributed by atoms with Crippen molar-refractivity contribution in [2.24, 2.45) is 52.1 Å². The predicted octanol–water partition coefficient (Wildman–Crippen LogP) is 3.70. The van der Waals surface area contributed by atoms with Crippen LogP contribution in [0.5, 0.6) is 0 Å². The van der Waals surface area contributed by atoms with Gasteiger partial charge in [0.2, 0.25) is 5.91 Å². The second-order valence-electron chi connectivity index (χ2n) is 13.3. The number of aliphatic hydroxyl groups excluding tert-OH is 2. The first-order valence-corrected chi connectivity index (χ1v) is 14.6. The van der Waals surface area contributed by atoms with Gasteiger partial charge in [0, 0.05) is 6.42 Å². The number of rotatable bonds is 9. The molecule has 0 radical (unpaired) electrons. The standard InChI is InChI=1S/C29H50N2O5/c1-17(6-11-26(34)31-24(27(35)36)5-4-14-30)21-9-10-22-20-8-7-18-15-19(32)12-13-28(18,2)23(20)16-25(33)29(21,22)3/h17-25,32-33H,4-16,30H2,1-3H3,(H,31,34)(H,35,36). The number of fused-ring (bicyclic) bond motifs is 5. The van der Waals surface area contributed by atoms with Crippen LogP contribution in [0.1, 0.15) is 97.8 Å². The third-order valence-electron chi connectivity index (χ3n) is 11.7. The molecule has 4 rings (SSSR count). The molecular formula is C29H50N2O5. The smallest absolute Gasteiger partial charge is 0.326 e. The number of aliphatic carboxylic acids is 1. The molecule has 0 bridgehead atoms. The zero-order valence-corrected chi connectivity index (χ0v) is 22.6. The number of amides is 1. The van der Waals surface area contributed by atoms with Crippen molar-refractivity contribution in [2.45, 2.75) is 116 Å². The Labute approximate surface area is 217 Å². The molecule has 0 saturated heterocycles. The highest BCUT2D eigenvalue weighted by Crippen LogP contribution is 2.68. The second-order valence-corrected chi connectivity index (χ2v) is 13.3. The summed E-state index contributed by atoms with van der Waals surface area (Å²) in [7, 11) is 0. The summed E-state index contributed by atoms with van der Waals surface area (Å²) in [4.78, 5) is 24.0. The van der Waals surface area contributed by atoms with Crippen molar-refractivity contribution in [2.75, 3.05) is 6.54 Å². The fraction of sp³-hybridized carbons (Fsp3) is 0.931. The van der Waals surface area contributed by atoms with Crippen molar-refractivity contribution in [3.8, 4) is 0 Å². The van der Waals surface area contributed by atoms with Crippen LogP contribution in [-0.4, -0.2) is 52.0 Å². The molecule has 0 spiro atoms. The summed E-state index contributed by atoms with van der Waals surface area (Å²) in [6.45, 7) is 7.39. The normalized spacial score (nSPS) is 43.6. The quantitative estimate of drug-likeness (QED) is 0.324. The van der Waals surface area contributed by atoms with E-state index in [9.17, 15) is 24.9 Å². The minimum atomic E-state index is -1.01. The molecule has 4 saturated carbocycles. The number of hydrogen-bond donors (Lipinski definition) is 5. The Bertz CT molecular complexity index is 807. The summed E-state index contributed by atoms with van der Waals surface area (Å²) in [5.41, 5.74) is 5.61. The number of nitrogens with one attached hydrogen (secondary N) is 1. The van der Waals surface area contributed by atoms with Gasteiger partial charge in [-0.2, -0.15) is 0 Å². The van der Waals surface area contributed by atoms with E-state index in [-0.39, 0.29) is 28.9 Å². The van der Waals surface area contributed by atoms with E-state index in [0.29, 0.717) is 67.7 Å². The fourth-order valence-corrected chi connectivity index (χ4v) is 9.57. The van der Waals surface area contributed by atoms with Gasteiger partial charge in [0.05, 0.1) is 12.2 Å². The van der Waals surface area contributed by atoms with Crippen LogP contribution in [0, 0.1) is 46.3 Å². The van der Waals surface area contributed by atoms with Gasteiger partial charge in [0.25, 0.3) is 0 Å². The van der Waals surface area contributed by atoms with Gasteiger partial charge >= 0.3 is 5.97 Å². The van der Waals surface area contributed by atoms with Gasteiger partial charge in [-0.25, -0.2) is 4.79 Å². The summed E-state index contributed by atoms with van der Waals surface area (Å²) >= 11 is 0. The van der Waals surface area contributed by atoms with Crippen LogP contribution in [0.3, 0.4) is 0 Å². The van der Waals surface area contributed by atoms with E-state index < -0.39 is 12.0 Å². The zero-order chi connectivity index (χ0) is 26.3. The molecule has 0 aromatic rings. The van der Waals surface area contributed by atoms with Crippen molar-refractivity contribution in [1.29, 1.82) is 0 Å². The summed E-state index contributed by atoms with van der Waals surface area (Å²) in [6.07, 6.45) is 9.88. The lowest BCUT2D eigenvalue weighted by Crippen LogP contribution is -2.58. The molecule has 0 heterocycles. The average Bonchev–Trinajstić information content (AvgIpc) is 3.20. The van der Waals surface area contributed by atoms with E-state index in [4.69, 9.17) is 5.73 Å². The van der Waals surface area contributed by atoms with Gasteiger partial charge in [-0.1, -0.05) is 20.8 Å². The molecule has 4 aliphatic carbocycles. The molecule has 36 heavy (non-hydrogen) atoms. The van der Waals surface area contributed by atoms with Gasteiger partial charge in [0.1, 0.15) is 6.04 Å². The number of carboxylic acids is 1. The largest absolute Gasteiger partial charge is 0.480 e. The number of nitrogens with two attached hydrogens (primary N) is 1. The molecule has 0 aromatic carbocycles. The van der Waals surface area contributed by atoms with E-state index in [2.05, 4.69) is 26.1 Å². The van der Waals surface area contributed by atoms with Crippen molar-refractivity contribution in [3.63, 3.8) is 0 Å². The van der Waals surface area contributed by atoms with Crippen LogP contribution in [-0.2, 0) is 9.59 Å². The van der Waals surface area contributed by atoms with E-state index in [1.54, 1.807) is 0 Å². The minimum Gasteiger partial charge on any atom is -0.480 e. The average molecular weight is 507 g/mol. The highest BCUT2D eigenvalue weighted by molar-refractivity contribution is 5.83. The molecule has 0 aliphatic heterocycles. The topological polar surface area (TPSA) is 133 Å². The van der Waals surface area contributed by atoms with Gasteiger partial charge in [-0.05, 0) is 124 Å². The highest BCUT2D eigenvalue weighted by atomic mass is 16.4. The third-order valence-corrected chi connectivity index (χ3v) is 11.7. The monoisotopic (exact) mass is 506 g/mol. The molecule has 1 amide bonds. The summed E-state index contributed by atoms with van der Waals surface area (Å²) in [5.74, 6) is 1.73. The van der Waals surface area contributed by atoms with E-state index >= 15 is 0 Å². The van der Waals surface area contributed by atoms with Crippen molar-refractivity contribution in [1.82, 2.24) is 5.32 Å². The molecule has 206 valence electrons. The minimum absolute atomic E-state index is 0.126. The molecule has 11 unspecified atom stereocenters. The first-order valence-electron chi connectivity index (χ1n) is 14.6. The molecule has 4 fully saturated rings. The van der Waals surface area contributed by atoms with Crippen LogP contribution >= 0.6 is 0 Å². The Morgan fingerprint density at radius 2 is 1.78 bits per heavy atom. The number of aliphatic hydroxyl groups is 2. The van der Waals surface area contributed by atoms with Crippen LogP contribution in [0.2, 0.25) is 0 Å². The number of hydrogen-bond acceptors (Lipinski definition) is 5. The van der Waals surface area contributed by atoms with E-state index in [1.165, 1.54) is 12.8 Å². The maximum absolute atomic E-state index is 12.6. The lowest BCUT2D eigenvalue weighted by molar-refractivity contribution is -0.175. The molecule has 11 atom stereocenters. The Morgan fingerprint density at radius 3 is 2.47 bits per heavy atom. The summed E-state index contributed by atoms with van der Waals surface area (Å²) in [5, 5.41) is 34.1. The van der Waals surface area contributed by atoms with Crippen LogP contribution in [0.15, 0.2) is 0 Å². The van der Waals surface area contributed by atoms with Crippen LogP contribution in [0.25, 0.3) is 0 Å². The van der Waals surface area contributed by atoms with Crippen molar-refractivity contribution >= 4 is 11.9 Å². The molecule has 0 aromatic heterocycles. The second kappa shape index (κ2) is 10.9. The fourth-order valence-electron chi connectivity index (χ4n) is 9.57. The SMILES string of the molecule is CC(CCC(=O)NC(CCCN)C(=O)O)C1CCC2C3CCC4CC(O)CCC4(C)C3CC(O)C12C. The van der Waals surface area contributed by atoms with Gasteiger partial charge in [-0.15, -0.1) is 0 Å².